The van der Waals surface area contributed by atoms with Gasteiger partial charge in [0, 0.05) is 25.8 Å². The molecular weight excluding hydrogens is 236 g/mol. The number of carbonyl (C=O) groups excluding carboxylic acids is 1. The molecule has 18 heavy (non-hydrogen) atoms. The number of nitrogens with zero attached hydrogens (tertiary/aromatic N) is 1. The van der Waals surface area contributed by atoms with Crippen molar-refractivity contribution in [3.63, 3.8) is 0 Å². The summed E-state index contributed by atoms with van der Waals surface area (Å²) in [5.74, 6) is 0.340. The Balaban J connectivity index is 2.09. The van der Waals surface area contributed by atoms with Gasteiger partial charge in [0.15, 0.2) is 0 Å². The lowest BCUT2D eigenvalue weighted by Crippen LogP contribution is -2.23. The molecule has 1 atom stereocenters. The molecular formula is C12H16N2O4. The fraction of sp³-hybridized carbons (Fsp3) is 0.583. The number of nitrogens with one attached hydrogen (secondary N) is 1. The Morgan fingerprint density at radius 1 is 1.67 bits per heavy atom. The Hall–Kier alpha value is -1.69. The topological polar surface area (TPSA) is 81.3 Å². The molecule has 0 aliphatic carbocycles. The number of ether oxygens (including phenoxy) is 2. The molecule has 2 rings (SSSR count). The zero-order valence-corrected chi connectivity index (χ0v) is 10.3. The van der Waals surface area contributed by atoms with E-state index in [0.717, 1.165) is 13.0 Å². The third-order valence-electron chi connectivity index (χ3n) is 2.85. The van der Waals surface area contributed by atoms with Crippen LogP contribution in [0.4, 0.5) is 0 Å². The molecule has 1 fully saturated rings. The van der Waals surface area contributed by atoms with Crippen LogP contribution in [-0.2, 0) is 15.9 Å². The maximum absolute atomic E-state index is 11.7. The van der Waals surface area contributed by atoms with Crippen molar-refractivity contribution in [2.24, 2.45) is 5.92 Å². The van der Waals surface area contributed by atoms with Gasteiger partial charge in [0.2, 0.25) is 0 Å². The molecule has 0 amide bonds. The first-order valence-corrected chi connectivity index (χ1v) is 6.03. The average Bonchev–Trinajstić information content (AvgIpc) is 2.82. The van der Waals surface area contributed by atoms with Crippen LogP contribution in [0.5, 0.6) is 0 Å². The van der Waals surface area contributed by atoms with E-state index in [9.17, 15) is 9.59 Å². The largest absolute Gasteiger partial charge is 0.462 e. The van der Waals surface area contributed by atoms with E-state index in [1.807, 2.05) is 0 Å². The van der Waals surface area contributed by atoms with Gasteiger partial charge in [0.1, 0.15) is 11.4 Å². The Kier molecular flexibility index (Phi) is 4.09. The zero-order valence-electron chi connectivity index (χ0n) is 10.3. The van der Waals surface area contributed by atoms with E-state index < -0.39 is 11.5 Å². The molecule has 1 saturated heterocycles. The molecule has 1 unspecified atom stereocenters. The fourth-order valence-electron chi connectivity index (χ4n) is 1.91. The number of aromatic amines is 1. The Labute approximate surface area is 104 Å². The smallest absolute Gasteiger partial charge is 0.345 e. The van der Waals surface area contributed by atoms with Crippen molar-refractivity contribution in [1.29, 1.82) is 0 Å². The summed E-state index contributed by atoms with van der Waals surface area (Å²) in [5, 5.41) is 0. The van der Waals surface area contributed by atoms with Gasteiger partial charge in [-0.15, -0.1) is 0 Å². The number of esters is 1. The fourth-order valence-corrected chi connectivity index (χ4v) is 1.91. The highest BCUT2D eigenvalue weighted by Gasteiger charge is 2.18. The van der Waals surface area contributed by atoms with Crippen LogP contribution in [0.2, 0.25) is 0 Å². The molecule has 0 spiro atoms. The summed E-state index contributed by atoms with van der Waals surface area (Å²) in [6.45, 7) is 3.38. The lowest BCUT2D eigenvalue weighted by atomic mass is 10.0. The molecule has 2 heterocycles. The maximum Gasteiger partial charge on any atom is 0.345 e. The molecule has 1 aromatic heterocycles. The van der Waals surface area contributed by atoms with E-state index in [1.54, 1.807) is 6.92 Å². The van der Waals surface area contributed by atoms with E-state index in [0.29, 0.717) is 24.8 Å². The highest BCUT2D eigenvalue weighted by Crippen LogP contribution is 2.15. The van der Waals surface area contributed by atoms with Gasteiger partial charge in [0.25, 0.3) is 5.56 Å². The van der Waals surface area contributed by atoms with Crippen LogP contribution < -0.4 is 5.56 Å². The quantitative estimate of drug-likeness (QED) is 0.790. The van der Waals surface area contributed by atoms with E-state index in [1.165, 1.54) is 6.20 Å². The summed E-state index contributed by atoms with van der Waals surface area (Å²) in [6.07, 6.45) is 2.92. The Morgan fingerprint density at radius 3 is 3.11 bits per heavy atom. The van der Waals surface area contributed by atoms with Gasteiger partial charge in [-0.3, -0.25) is 4.79 Å². The van der Waals surface area contributed by atoms with Crippen molar-refractivity contribution in [3.05, 3.63) is 27.9 Å². The minimum Gasteiger partial charge on any atom is -0.462 e. The second-order valence-corrected chi connectivity index (χ2v) is 4.23. The lowest BCUT2D eigenvalue weighted by Gasteiger charge is -2.06. The van der Waals surface area contributed by atoms with Gasteiger partial charge < -0.3 is 14.5 Å². The average molecular weight is 252 g/mol. The lowest BCUT2D eigenvalue weighted by molar-refractivity contribution is 0.0523. The predicted octanol–water partition coefficient (Wildman–Crippen LogP) is 0.526. The molecule has 1 aromatic rings. The number of rotatable bonds is 4. The highest BCUT2D eigenvalue weighted by molar-refractivity contribution is 5.88. The number of carbonyl (C=O) groups is 1. The number of hydrogen-bond donors (Lipinski definition) is 1. The molecule has 98 valence electrons. The molecule has 1 aliphatic rings. The van der Waals surface area contributed by atoms with Gasteiger partial charge in [-0.05, 0) is 19.3 Å². The molecule has 1 N–H and O–H groups in total. The van der Waals surface area contributed by atoms with Crippen LogP contribution in [0.15, 0.2) is 11.0 Å². The first kappa shape index (κ1) is 12.8. The zero-order chi connectivity index (χ0) is 13.0. The summed E-state index contributed by atoms with van der Waals surface area (Å²) in [5.41, 5.74) is -0.499. The maximum atomic E-state index is 11.7. The van der Waals surface area contributed by atoms with E-state index in [-0.39, 0.29) is 12.2 Å². The molecule has 0 bridgehead atoms. The highest BCUT2D eigenvalue weighted by atomic mass is 16.5. The molecule has 0 radical (unpaired) electrons. The third-order valence-corrected chi connectivity index (χ3v) is 2.85. The van der Waals surface area contributed by atoms with Crippen molar-refractivity contribution in [1.82, 2.24) is 9.97 Å². The summed E-state index contributed by atoms with van der Waals surface area (Å²) < 4.78 is 10.0. The van der Waals surface area contributed by atoms with Gasteiger partial charge in [-0.1, -0.05) is 0 Å². The minimum atomic E-state index is -0.637. The van der Waals surface area contributed by atoms with Gasteiger partial charge >= 0.3 is 5.97 Å². The summed E-state index contributed by atoms with van der Waals surface area (Å²) >= 11 is 0. The summed E-state index contributed by atoms with van der Waals surface area (Å²) in [7, 11) is 0. The van der Waals surface area contributed by atoms with Crippen molar-refractivity contribution in [2.45, 2.75) is 19.8 Å². The molecule has 6 heteroatoms. The van der Waals surface area contributed by atoms with Crippen molar-refractivity contribution in [3.8, 4) is 0 Å². The van der Waals surface area contributed by atoms with Crippen molar-refractivity contribution < 1.29 is 14.3 Å². The van der Waals surface area contributed by atoms with Crippen molar-refractivity contribution >= 4 is 5.97 Å². The van der Waals surface area contributed by atoms with Gasteiger partial charge in [0.05, 0.1) is 6.61 Å². The van der Waals surface area contributed by atoms with Gasteiger partial charge in [-0.25, -0.2) is 9.78 Å². The molecule has 0 saturated carbocycles. The van der Waals surface area contributed by atoms with Crippen LogP contribution in [0, 0.1) is 5.92 Å². The molecule has 6 nitrogen and oxygen atoms in total. The predicted molar refractivity (Wildman–Crippen MR) is 63.4 cm³/mol. The summed E-state index contributed by atoms with van der Waals surface area (Å²) in [6, 6.07) is 0. The first-order valence-electron chi connectivity index (χ1n) is 6.03. The Morgan fingerprint density at radius 2 is 2.50 bits per heavy atom. The minimum absolute atomic E-state index is 0.0525. The van der Waals surface area contributed by atoms with Crippen LogP contribution in [0.3, 0.4) is 0 Å². The Bertz CT molecular complexity index is 477. The SMILES string of the molecule is CCOC(=O)c1cnc(CC2CCOC2)[nH]c1=O. The second-order valence-electron chi connectivity index (χ2n) is 4.23. The number of H-pyrrole nitrogens is 1. The first-order chi connectivity index (χ1) is 8.70. The normalized spacial score (nSPS) is 18.8. The van der Waals surface area contributed by atoms with Crippen LogP contribution >= 0.6 is 0 Å². The van der Waals surface area contributed by atoms with Gasteiger partial charge in [-0.2, -0.15) is 0 Å². The van der Waals surface area contributed by atoms with Crippen LogP contribution in [-0.4, -0.2) is 35.8 Å². The third kappa shape index (κ3) is 2.95. The monoisotopic (exact) mass is 252 g/mol. The van der Waals surface area contributed by atoms with Crippen molar-refractivity contribution in [2.75, 3.05) is 19.8 Å². The number of hydrogen-bond acceptors (Lipinski definition) is 5. The van der Waals surface area contributed by atoms with E-state index in [2.05, 4.69) is 9.97 Å². The summed E-state index contributed by atoms with van der Waals surface area (Å²) in [4.78, 5) is 29.8. The van der Waals surface area contributed by atoms with E-state index >= 15 is 0 Å². The second kappa shape index (κ2) is 5.77. The van der Waals surface area contributed by atoms with E-state index in [4.69, 9.17) is 9.47 Å². The molecule has 1 aliphatic heterocycles. The van der Waals surface area contributed by atoms with Crippen LogP contribution in [0.25, 0.3) is 0 Å². The van der Waals surface area contributed by atoms with Crippen LogP contribution in [0.1, 0.15) is 29.5 Å². The standard InChI is InChI=1S/C12H16N2O4/c1-2-18-12(16)9-6-13-10(14-11(9)15)5-8-3-4-17-7-8/h6,8H,2-5,7H2,1H3,(H,13,14,15). The molecule has 0 aromatic carbocycles. The number of aromatic nitrogens is 2.